The van der Waals surface area contributed by atoms with Gasteiger partial charge in [-0.3, -0.25) is 14.4 Å². The number of carbonyl (C=O) groups is 4. The third kappa shape index (κ3) is 5.77. The van der Waals surface area contributed by atoms with E-state index in [1.165, 1.54) is 19.3 Å². The first-order valence-electron chi connectivity index (χ1n) is 15.3. The molecule has 4 aliphatic rings. The van der Waals surface area contributed by atoms with E-state index in [1.807, 2.05) is 13.8 Å². The number of Topliss-reactive ketones (excluding diaryl/α,β-unsaturated/α-hetero) is 1. The van der Waals surface area contributed by atoms with Gasteiger partial charge >= 0.3 is 5.97 Å². The molecule has 0 aromatic heterocycles. The molecule has 0 bridgehead atoms. The average molecular weight is 546 g/mol. The first-order chi connectivity index (χ1) is 18.3. The van der Waals surface area contributed by atoms with Gasteiger partial charge in [0, 0.05) is 12.3 Å². The van der Waals surface area contributed by atoms with Crippen molar-refractivity contribution in [2.75, 3.05) is 0 Å². The van der Waals surface area contributed by atoms with Crippen molar-refractivity contribution in [3.63, 3.8) is 0 Å². The molecule has 220 valence electrons. The average Bonchev–Trinajstić information content (AvgIpc) is 3.23. The predicted molar refractivity (Wildman–Crippen MR) is 149 cm³/mol. The van der Waals surface area contributed by atoms with Crippen LogP contribution in [0.5, 0.6) is 0 Å². The maximum absolute atomic E-state index is 13.2. The SMILES string of the molecule is CC(=O)[C@H]1CC[C@H]2[C@@H]3CC[C@H]4CC(OC(=O)[C@@H](NC(=O)[C@@H](N)CCC(N)=O)C(C)C)CC[C@]4(C)[C@H]3CC[C@]12C. The summed E-state index contributed by atoms with van der Waals surface area (Å²) in [4.78, 5) is 49.3. The largest absolute Gasteiger partial charge is 0.461 e. The van der Waals surface area contributed by atoms with Gasteiger partial charge in [0.2, 0.25) is 11.8 Å². The summed E-state index contributed by atoms with van der Waals surface area (Å²) >= 11 is 0. The zero-order chi connectivity index (χ0) is 28.7. The summed E-state index contributed by atoms with van der Waals surface area (Å²) < 4.78 is 6.04. The highest BCUT2D eigenvalue weighted by Gasteiger charge is 2.61. The standard InChI is InChI=1S/C31H51N3O5/c1-17(2)27(34-28(37)25(32)10-11-26(33)36)29(38)39-20-12-14-30(4)19(16-20)6-7-21-23-9-8-22(18(3)35)31(23,5)15-13-24(21)30/h17,19-25,27H,6-16,32H2,1-5H3,(H2,33,36)(H,34,37)/t19-,20?,21-,22+,23-,24-,25-,27-,30-,31+/m0/s1. The first-order valence-corrected chi connectivity index (χ1v) is 15.3. The molecule has 1 unspecified atom stereocenters. The van der Waals surface area contributed by atoms with Gasteiger partial charge in [0.1, 0.15) is 17.9 Å². The van der Waals surface area contributed by atoms with Crippen LogP contribution in [0, 0.1) is 46.3 Å². The van der Waals surface area contributed by atoms with Crippen molar-refractivity contribution in [3.05, 3.63) is 0 Å². The molecule has 0 heterocycles. The van der Waals surface area contributed by atoms with E-state index in [0.29, 0.717) is 29.5 Å². The third-order valence-corrected chi connectivity index (χ3v) is 11.6. The molecule has 0 radical (unpaired) electrons. The van der Waals surface area contributed by atoms with Crippen LogP contribution < -0.4 is 16.8 Å². The molecule has 8 heteroatoms. The van der Waals surface area contributed by atoms with Crippen LogP contribution in [0.2, 0.25) is 0 Å². The van der Waals surface area contributed by atoms with Gasteiger partial charge in [0.05, 0.1) is 6.04 Å². The van der Waals surface area contributed by atoms with Gasteiger partial charge < -0.3 is 21.5 Å². The quantitative estimate of drug-likeness (QED) is 0.376. The summed E-state index contributed by atoms with van der Waals surface area (Å²) in [5, 5.41) is 2.75. The normalized spacial score (nSPS) is 39.1. The fourth-order valence-electron chi connectivity index (χ4n) is 9.42. The van der Waals surface area contributed by atoms with Crippen molar-refractivity contribution in [2.45, 2.75) is 123 Å². The molecular formula is C31H51N3O5. The molecule has 0 aromatic carbocycles. The van der Waals surface area contributed by atoms with Crippen molar-refractivity contribution < 1.29 is 23.9 Å². The number of nitrogens with one attached hydrogen (secondary N) is 1. The summed E-state index contributed by atoms with van der Waals surface area (Å²) in [7, 11) is 0. The minimum Gasteiger partial charge on any atom is -0.461 e. The van der Waals surface area contributed by atoms with Gasteiger partial charge in [-0.1, -0.05) is 27.7 Å². The van der Waals surface area contributed by atoms with Gasteiger partial charge in [0.15, 0.2) is 0 Å². The van der Waals surface area contributed by atoms with E-state index >= 15 is 0 Å². The summed E-state index contributed by atoms with van der Waals surface area (Å²) in [5.74, 6) is 1.63. The Morgan fingerprint density at radius 1 is 0.949 bits per heavy atom. The van der Waals surface area contributed by atoms with Crippen LogP contribution in [-0.4, -0.2) is 41.8 Å². The van der Waals surface area contributed by atoms with E-state index in [2.05, 4.69) is 19.2 Å². The number of nitrogens with two attached hydrogens (primary N) is 2. The molecule has 39 heavy (non-hydrogen) atoms. The number of fused-ring (bicyclic) bond motifs is 5. The van der Waals surface area contributed by atoms with Crippen LogP contribution in [0.25, 0.3) is 0 Å². The number of carbonyl (C=O) groups excluding carboxylic acids is 4. The molecule has 4 rings (SSSR count). The summed E-state index contributed by atoms with van der Waals surface area (Å²) in [6.45, 7) is 10.4. The highest BCUT2D eigenvalue weighted by Crippen LogP contribution is 2.67. The number of hydrogen-bond donors (Lipinski definition) is 3. The molecule has 5 N–H and O–H groups in total. The number of hydrogen-bond acceptors (Lipinski definition) is 6. The van der Waals surface area contributed by atoms with Gasteiger partial charge in [-0.2, -0.15) is 0 Å². The van der Waals surface area contributed by atoms with Crippen molar-refractivity contribution in [2.24, 2.45) is 57.8 Å². The fourth-order valence-corrected chi connectivity index (χ4v) is 9.42. The Morgan fingerprint density at radius 2 is 1.62 bits per heavy atom. The first kappa shape index (κ1) is 30.0. The molecule has 8 nitrogen and oxygen atoms in total. The van der Waals surface area contributed by atoms with Crippen LogP contribution in [0.3, 0.4) is 0 Å². The van der Waals surface area contributed by atoms with Gasteiger partial charge in [-0.05, 0) is 112 Å². The Bertz CT molecular complexity index is 968. The maximum atomic E-state index is 13.2. The molecule has 2 amide bonds. The highest BCUT2D eigenvalue weighted by atomic mass is 16.5. The lowest BCUT2D eigenvalue weighted by Crippen LogP contribution is -2.55. The topological polar surface area (TPSA) is 142 Å². The number of rotatable bonds is 9. The van der Waals surface area contributed by atoms with Gasteiger partial charge in [-0.15, -0.1) is 0 Å². The zero-order valence-corrected chi connectivity index (χ0v) is 24.7. The number of esters is 1. The number of ketones is 1. The Hall–Kier alpha value is -1.96. The molecule has 4 aliphatic carbocycles. The molecule has 0 aliphatic heterocycles. The van der Waals surface area contributed by atoms with Crippen molar-refractivity contribution in [3.8, 4) is 0 Å². The lowest BCUT2D eigenvalue weighted by atomic mass is 9.44. The molecular weight excluding hydrogens is 494 g/mol. The third-order valence-electron chi connectivity index (χ3n) is 11.6. The molecule has 4 fully saturated rings. The second-order valence-electron chi connectivity index (χ2n) is 14.1. The summed E-state index contributed by atoms with van der Waals surface area (Å²) in [6.07, 6.45) is 9.76. The Kier molecular flexibility index (Phi) is 8.85. The molecule has 0 aromatic rings. The van der Waals surface area contributed by atoms with Crippen LogP contribution in [0.4, 0.5) is 0 Å². The van der Waals surface area contributed by atoms with Crippen molar-refractivity contribution in [1.82, 2.24) is 5.32 Å². The van der Waals surface area contributed by atoms with E-state index in [0.717, 1.165) is 38.5 Å². The Balaban J connectivity index is 1.36. The Labute approximate surface area is 234 Å². The summed E-state index contributed by atoms with van der Waals surface area (Å²) in [5.41, 5.74) is 11.5. The van der Waals surface area contributed by atoms with Crippen LogP contribution >= 0.6 is 0 Å². The lowest BCUT2D eigenvalue weighted by molar-refractivity contribution is -0.166. The molecule has 0 saturated heterocycles. The van der Waals surface area contributed by atoms with Crippen LogP contribution in [0.15, 0.2) is 0 Å². The monoisotopic (exact) mass is 545 g/mol. The van der Waals surface area contributed by atoms with Crippen molar-refractivity contribution in [1.29, 1.82) is 0 Å². The van der Waals surface area contributed by atoms with Gasteiger partial charge in [-0.25, -0.2) is 4.79 Å². The van der Waals surface area contributed by atoms with E-state index in [9.17, 15) is 19.2 Å². The number of ether oxygens (including phenoxy) is 1. The highest BCUT2D eigenvalue weighted by molar-refractivity contribution is 5.88. The summed E-state index contributed by atoms with van der Waals surface area (Å²) in [6, 6.07) is -1.69. The van der Waals surface area contributed by atoms with Crippen LogP contribution in [-0.2, 0) is 23.9 Å². The van der Waals surface area contributed by atoms with E-state index in [-0.39, 0.29) is 41.6 Å². The van der Waals surface area contributed by atoms with Crippen molar-refractivity contribution >= 4 is 23.6 Å². The smallest absolute Gasteiger partial charge is 0.329 e. The molecule has 0 spiro atoms. The predicted octanol–water partition coefficient (Wildman–Crippen LogP) is 3.88. The lowest BCUT2D eigenvalue weighted by Gasteiger charge is -2.61. The second-order valence-corrected chi connectivity index (χ2v) is 14.1. The second kappa shape index (κ2) is 11.5. The Morgan fingerprint density at radius 3 is 2.26 bits per heavy atom. The fraction of sp³-hybridized carbons (Fsp3) is 0.871. The minimum atomic E-state index is -0.903. The zero-order valence-electron chi connectivity index (χ0n) is 24.7. The number of amides is 2. The van der Waals surface area contributed by atoms with E-state index < -0.39 is 29.9 Å². The van der Waals surface area contributed by atoms with E-state index in [4.69, 9.17) is 16.2 Å². The molecule has 10 atom stereocenters. The maximum Gasteiger partial charge on any atom is 0.329 e. The number of primary amides is 1. The molecule has 4 saturated carbocycles. The van der Waals surface area contributed by atoms with Crippen LogP contribution in [0.1, 0.15) is 105 Å². The van der Waals surface area contributed by atoms with Gasteiger partial charge in [0.25, 0.3) is 0 Å². The van der Waals surface area contributed by atoms with E-state index in [1.54, 1.807) is 6.92 Å². The minimum absolute atomic E-state index is 0.0206.